The molecular weight excluding hydrogens is 410 g/mol. The van der Waals surface area contributed by atoms with Crippen molar-refractivity contribution >= 4 is 34.3 Å². The van der Waals surface area contributed by atoms with E-state index in [1.165, 1.54) is 43.9 Å². The van der Waals surface area contributed by atoms with E-state index >= 15 is 0 Å². The summed E-state index contributed by atoms with van der Waals surface area (Å²) >= 11 is 1.38. The molecule has 0 aliphatic heterocycles. The maximum atomic E-state index is 13.0. The van der Waals surface area contributed by atoms with Crippen LogP contribution in [0.25, 0.3) is 16.7 Å². The van der Waals surface area contributed by atoms with E-state index in [1.807, 2.05) is 28.7 Å². The first-order valence-electron chi connectivity index (χ1n) is 11.5. The van der Waals surface area contributed by atoms with Gasteiger partial charge in [0.2, 0.25) is 11.7 Å². The summed E-state index contributed by atoms with van der Waals surface area (Å²) in [6.07, 6.45) is 10.2. The fourth-order valence-electron chi connectivity index (χ4n) is 4.34. The predicted octanol–water partition coefficient (Wildman–Crippen LogP) is 4.17. The standard InChI is InChI=1S/C23H31N5O2S/c1-2-3-15-27-21(30)18-13-9-10-14-19(18)28-22(27)25-26-23(28)31-16-20(29)24-17-11-7-5-4-6-8-12-17/h9-10,13-14,17H,2-8,11-12,15-16H2,1H3,(H,24,29). The summed E-state index contributed by atoms with van der Waals surface area (Å²) < 4.78 is 3.62. The highest BCUT2D eigenvalue weighted by atomic mass is 32.2. The van der Waals surface area contributed by atoms with Crippen LogP contribution in [-0.4, -0.2) is 36.9 Å². The number of aromatic nitrogens is 4. The number of fused-ring (bicyclic) bond motifs is 3. The Kier molecular flexibility index (Phi) is 7.27. The largest absolute Gasteiger partial charge is 0.353 e. The van der Waals surface area contributed by atoms with Gasteiger partial charge in [0, 0.05) is 12.6 Å². The van der Waals surface area contributed by atoms with Crippen LogP contribution in [0.3, 0.4) is 0 Å². The lowest BCUT2D eigenvalue weighted by molar-refractivity contribution is -0.119. The molecule has 8 heteroatoms. The van der Waals surface area contributed by atoms with Crippen LogP contribution in [0, 0.1) is 0 Å². The van der Waals surface area contributed by atoms with Gasteiger partial charge in [-0.15, -0.1) is 10.2 Å². The number of carbonyl (C=O) groups is 1. The number of nitrogens with one attached hydrogen (secondary N) is 1. The van der Waals surface area contributed by atoms with Crippen LogP contribution < -0.4 is 10.9 Å². The van der Waals surface area contributed by atoms with Gasteiger partial charge in [0.05, 0.1) is 16.7 Å². The van der Waals surface area contributed by atoms with E-state index in [9.17, 15) is 9.59 Å². The molecule has 31 heavy (non-hydrogen) atoms. The van der Waals surface area contributed by atoms with Crippen molar-refractivity contribution in [3.8, 4) is 0 Å². The molecular formula is C23H31N5O2S. The Hall–Kier alpha value is -2.35. The Labute approximate surface area is 186 Å². The molecule has 3 aromatic rings. The minimum Gasteiger partial charge on any atom is -0.353 e. The molecule has 0 saturated heterocycles. The van der Waals surface area contributed by atoms with E-state index in [2.05, 4.69) is 22.4 Å². The van der Waals surface area contributed by atoms with Gasteiger partial charge < -0.3 is 5.32 Å². The highest BCUT2D eigenvalue weighted by Crippen LogP contribution is 2.22. The van der Waals surface area contributed by atoms with Crippen molar-refractivity contribution < 1.29 is 4.79 Å². The van der Waals surface area contributed by atoms with Gasteiger partial charge in [-0.25, -0.2) is 0 Å². The van der Waals surface area contributed by atoms with Gasteiger partial charge in [0.15, 0.2) is 5.16 Å². The minimum absolute atomic E-state index is 0.0379. The number of unbranched alkanes of at least 4 members (excludes halogenated alkanes) is 1. The quantitative estimate of drug-likeness (QED) is 0.557. The van der Waals surface area contributed by atoms with Crippen molar-refractivity contribution in [2.75, 3.05) is 5.75 Å². The summed E-state index contributed by atoms with van der Waals surface area (Å²) in [6.45, 7) is 2.71. The molecule has 4 rings (SSSR count). The number of aryl methyl sites for hydroxylation is 1. The first-order chi connectivity index (χ1) is 15.2. The second-order valence-corrected chi connectivity index (χ2v) is 9.29. The van der Waals surface area contributed by atoms with Crippen molar-refractivity contribution in [3.63, 3.8) is 0 Å². The number of hydrogen-bond acceptors (Lipinski definition) is 5. The Morgan fingerprint density at radius 3 is 2.65 bits per heavy atom. The van der Waals surface area contributed by atoms with Crippen LogP contribution in [0.15, 0.2) is 34.2 Å². The first kappa shape index (κ1) is 21.9. The molecule has 1 aliphatic rings. The monoisotopic (exact) mass is 441 g/mol. The van der Waals surface area contributed by atoms with Gasteiger partial charge in [-0.05, 0) is 31.4 Å². The molecule has 1 N–H and O–H groups in total. The highest BCUT2D eigenvalue weighted by Gasteiger charge is 2.19. The Bertz CT molecular complexity index is 1100. The smallest absolute Gasteiger partial charge is 0.262 e. The molecule has 1 aliphatic carbocycles. The van der Waals surface area contributed by atoms with Gasteiger partial charge in [-0.3, -0.25) is 18.6 Å². The van der Waals surface area contributed by atoms with Gasteiger partial charge in [0.25, 0.3) is 5.56 Å². The molecule has 1 fully saturated rings. The SMILES string of the molecule is CCCCn1c(=O)c2ccccc2n2c(SCC(=O)NC3CCCCCCC3)nnc12. The molecule has 1 aromatic carbocycles. The third-order valence-corrected chi connectivity index (χ3v) is 6.95. The van der Waals surface area contributed by atoms with Crippen LogP contribution in [-0.2, 0) is 11.3 Å². The Morgan fingerprint density at radius 2 is 1.87 bits per heavy atom. The van der Waals surface area contributed by atoms with Crippen LogP contribution in [0.4, 0.5) is 0 Å². The zero-order valence-corrected chi connectivity index (χ0v) is 19.0. The summed E-state index contributed by atoms with van der Waals surface area (Å²) in [5, 5.41) is 13.2. The summed E-state index contributed by atoms with van der Waals surface area (Å²) in [5.74, 6) is 0.871. The second kappa shape index (κ2) is 10.3. The molecule has 1 amide bonds. The van der Waals surface area contributed by atoms with Crippen molar-refractivity contribution in [2.45, 2.75) is 82.5 Å². The van der Waals surface area contributed by atoms with E-state index in [4.69, 9.17) is 0 Å². The third kappa shape index (κ3) is 4.95. The third-order valence-electron chi connectivity index (χ3n) is 6.02. The number of nitrogens with zero attached hydrogens (tertiary/aromatic N) is 4. The molecule has 0 spiro atoms. The highest BCUT2D eigenvalue weighted by molar-refractivity contribution is 7.99. The van der Waals surface area contributed by atoms with Gasteiger partial charge in [0.1, 0.15) is 0 Å². The maximum Gasteiger partial charge on any atom is 0.262 e. The topological polar surface area (TPSA) is 81.3 Å². The molecule has 0 bridgehead atoms. The number of amides is 1. The van der Waals surface area contributed by atoms with Crippen LogP contribution in [0.5, 0.6) is 0 Å². The lowest BCUT2D eigenvalue weighted by Crippen LogP contribution is -2.36. The number of thioether (sulfide) groups is 1. The zero-order chi connectivity index (χ0) is 21.6. The average molecular weight is 442 g/mol. The molecule has 0 unspecified atom stereocenters. The minimum atomic E-state index is -0.0393. The molecule has 0 radical (unpaired) electrons. The van der Waals surface area contributed by atoms with Crippen LogP contribution in [0.2, 0.25) is 0 Å². The van der Waals surface area contributed by atoms with Crippen LogP contribution in [0.1, 0.15) is 64.7 Å². The van der Waals surface area contributed by atoms with E-state index in [0.717, 1.165) is 31.2 Å². The summed E-state index contributed by atoms with van der Waals surface area (Å²) in [5.41, 5.74) is 0.741. The van der Waals surface area contributed by atoms with Crippen molar-refractivity contribution in [2.24, 2.45) is 0 Å². The van der Waals surface area contributed by atoms with Crippen LogP contribution >= 0.6 is 11.8 Å². The summed E-state index contributed by atoms with van der Waals surface area (Å²) in [4.78, 5) is 25.6. The van der Waals surface area contributed by atoms with Gasteiger partial charge >= 0.3 is 0 Å². The number of carbonyl (C=O) groups excluding carboxylic acids is 1. The molecule has 2 aromatic heterocycles. The molecule has 166 valence electrons. The van der Waals surface area contributed by atoms with E-state index < -0.39 is 0 Å². The molecule has 0 atom stereocenters. The maximum absolute atomic E-state index is 13.0. The number of rotatable bonds is 7. The Balaban J connectivity index is 1.56. The first-order valence-corrected chi connectivity index (χ1v) is 12.5. The van der Waals surface area contributed by atoms with Gasteiger partial charge in [-0.1, -0.05) is 69.3 Å². The van der Waals surface area contributed by atoms with Crippen molar-refractivity contribution in [1.29, 1.82) is 0 Å². The molecule has 7 nitrogen and oxygen atoms in total. The lowest BCUT2D eigenvalue weighted by Gasteiger charge is -2.20. The molecule has 2 heterocycles. The van der Waals surface area contributed by atoms with Gasteiger partial charge in [-0.2, -0.15) is 0 Å². The second-order valence-electron chi connectivity index (χ2n) is 8.34. The van der Waals surface area contributed by atoms with E-state index in [0.29, 0.717) is 28.6 Å². The summed E-state index contributed by atoms with van der Waals surface area (Å²) in [7, 11) is 0. The van der Waals surface area contributed by atoms with Crippen molar-refractivity contribution in [1.82, 2.24) is 24.5 Å². The van der Waals surface area contributed by atoms with E-state index in [1.54, 1.807) is 4.57 Å². The number of hydrogen-bond donors (Lipinski definition) is 1. The average Bonchev–Trinajstić information content (AvgIpc) is 3.18. The zero-order valence-electron chi connectivity index (χ0n) is 18.2. The Morgan fingerprint density at radius 1 is 1.13 bits per heavy atom. The summed E-state index contributed by atoms with van der Waals surface area (Å²) in [6, 6.07) is 7.82. The van der Waals surface area contributed by atoms with E-state index in [-0.39, 0.29) is 17.5 Å². The lowest BCUT2D eigenvalue weighted by atomic mass is 9.97. The van der Waals surface area contributed by atoms with Crippen molar-refractivity contribution in [3.05, 3.63) is 34.6 Å². The number of para-hydroxylation sites is 1. The normalized spacial score (nSPS) is 15.8. The molecule has 1 saturated carbocycles. The number of benzene rings is 1. The fourth-order valence-corrected chi connectivity index (χ4v) is 5.10. The fraction of sp³-hybridized carbons (Fsp3) is 0.565. The predicted molar refractivity (Wildman–Crippen MR) is 125 cm³/mol.